The van der Waals surface area contributed by atoms with Crippen LogP contribution in [0.2, 0.25) is 5.02 Å². The summed E-state index contributed by atoms with van der Waals surface area (Å²) in [4.78, 5) is 10.8. The number of carboxylic acids is 1. The van der Waals surface area contributed by atoms with Gasteiger partial charge in [-0.15, -0.1) is 0 Å². The van der Waals surface area contributed by atoms with Crippen molar-refractivity contribution in [1.29, 1.82) is 0 Å². The molecule has 1 atom stereocenters. The molecule has 3 nitrogen and oxygen atoms in total. The number of rotatable bonds is 3. The van der Waals surface area contributed by atoms with Crippen LogP contribution in [0, 0.1) is 6.92 Å². The van der Waals surface area contributed by atoms with E-state index >= 15 is 0 Å². The quantitative estimate of drug-likeness (QED) is 0.807. The highest BCUT2D eigenvalue weighted by molar-refractivity contribution is 6.32. The Morgan fingerprint density at radius 1 is 1.57 bits per heavy atom. The molecule has 1 rings (SSSR count). The number of carboxylic acid groups (broad SMARTS) is 1. The minimum atomic E-state index is -1.07. The van der Waals surface area contributed by atoms with Crippen molar-refractivity contribution in [3.8, 4) is 0 Å². The van der Waals surface area contributed by atoms with E-state index in [0.29, 0.717) is 10.6 Å². The number of halogens is 1. The Morgan fingerprint density at radius 3 is 2.71 bits per heavy atom. The average molecular weight is 215 g/mol. The van der Waals surface area contributed by atoms with Crippen LogP contribution in [0.4, 0.5) is 0 Å². The Balaban J connectivity index is 3.16. The molecule has 1 aromatic rings. The number of carbonyl (C=O) groups is 1. The van der Waals surface area contributed by atoms with Gasteiger partial charge in [-0.05, 0) is 18.1 Å². The summed E-state index contributed by atoms with van der Waals surface area (Å²) in [5.41, 5.74) is 1.27. The van der Waals surface area contributed by atoms with E-state index in [1.54, 1.807) is 25.1 Å². The maximum absolute atomic E-state index is 10.8. The first-order valence-corrected chi connectivity index (χ1v) is 4.54. The first kappa shape index (κ1) is 11.0. The van der Waals surface area contributed by atoms with Crippen LogP contribution in [0.3, 0.4) is 0 Å². The van der Waals surface area contributed by atoms with Gasteiger partial charge in [0.15, 0.2) is 0 Å². The number of benzene rings is 1. The summed E-state index contributed by atoms with van der Waals surface area (Å²) in [6, 6.07) is 5.13. The molecule has 0 aliphatic heterocycles. The van der Waals surface area contributed by atoms with Crippen molar-refractivity contribution < 1.29 is 15.0 Å². The summed E-state index contributed by atoms with van der Waals surface area (Å²) < 4.78 is 0. The van der Waals surface area contributed by atoms with Crippen LogP contribution in [0.5, 0.6) is 0 Å². The van der Waals surface area contributed by atoms with E-state index in [1.807, 2.05) is 0 Å². The predicted octanol–water partition coefficient (Wildman–Crippen LogP) is 1.81. The third kappa shape index (κ3) is 2.05. The van der Waals surface area contributed by atoms with Crippen molar-refractivity contribution in [2.75, 3.05) is 6.61 Å². The summed E-state index contributed by atoms with van der Waals surface area (Å²) >= 11 is 5.94. The molecular weight excluding hydrogens is 204 g/mol. The number of aliphatic hydroxyl groups is 1. The molecule has 0 unspecified atom stereocenters. The zero-order valence-electron chi connectivity index (χ0n) is 7.70. The second-order valence-corrected chi connectivity index (χ2v) is 3.43. The van der Waals surface area contributed by atoms with E-state index in [1.165, 1.54) is 0 Å². The summed E-state index contributed by atoms with van der Waals surface area (Å²) in [6.45, 7) is 1.35. The number of hydrogen-bond donors (Lipinski definition) is 2. The predicted molar refractivity (Wildman–Crippen MR) is 53.7 cm³/mol. The van der Waals surface area contributed by atoms with Gasteiger partial charge in [-0.25, -0.2) is 0 Å². The Bertz CT molecular complexity index is 349. The number of aryl methyl sites for hydroxylation is 1. The molecule has 0 aliphatic rings. The molecule has 76 valence electrons. The fraction of sp³-hybridized carbons (Fsp3) is 0.300. The topological polar surface area (TPSA) is 57.5 Å². The lowest BCUT2D eigenvalue weighted by molar-refractivity contribution is -0.139. The van der Waals surface area contributed by atoms with Gasteiger partial charge in [-0.3, -0.25) is 4.79 Å². The molecule has 14 heavy (non-hydrogen) atoms. The summed E-state index contributed by atoms with van der Waals surface area (Å²) in [6.07, 6.45) is 0. The van der Waals surface area contributed by atoms with E-state index < -0.39 is 18.5 Å². The Hall–Kier alpha value is -1.06. The third-order valence-electron chi connectivity index (χ3n) is 2.08. The zero-order valence-corrected chi connectivity index (χ0v) is 8.45. The van der Waals surface area contributed by atoms with E-state index in [9.17, 15) is 4.79 Å². The standard InChI is InChI=1S/C10H11ClO3/c1-6-3-2-4-7(9(6)11)8(5-12)10(13)14/h2-4,8,12H,5H2,1H3,(H,13,14)/t8-/m0/s1. The monoisotopic (exact) mass is 214 g/mol. The van der Waals surface area contributed by atoms with Gasteiger partial charge in [-0.2, -0.15) is 0 Å². The lowest BCUT2D eigenvalue weighted by Crippen LogP contribution is -2.16. The minimum Gasteiger partial charge on any atom is -0.481 e. The van der Waals surface area contributed by atoms with E-state index in [-0.39, 0.29) is 0 Å². The Labute approximate surface area is 86.9 Å². The fourth-order valence-corrected chi connectivity index (χ4v) is 1.51. The number of aliphatic hydroxyl groups excluding tert-OH is 1. The molecule has 1 aromatic carbocycles. The van der Waals surface area contributed by atoms with Crippen LogP contribution in [0.25, 0.3) is 0 Å². The smallest absolute Gasteiger partial charge is 0.313 e. The van der Waals surface area contributed by atoms with Crippen LogP contribution in [0.1, 0.15) is 17.0 Å². The molecule has 0 spiro atoms. The molecule has 0 aliphatic carbocycles. The van der Waals surface area contributed by atoms with Crippen molar-refractivity contribution in [2.24, 2.45) is 0 Å². The molecule has 0 bridgehead atoms. The summed E-state index contributed by atoms with van der Waals surface area (Å²) in [5.74, 6) is -2.01. The largest absolute Gasteiger partial charge is 0.481 e. The van der Waals surface area contributed by atoms with Crippen LogP contribution in [-0.4, -0.2) is 22.8 Å². The van der Waals surface area contributed by atoms with Crippen molar-refractivity contribution >= 4 is 17.6 Å². The highest BCUT2D eigenvalue weighted by Gasteiger charge is 2.21. The maximum Gasteiger partial charge on any atom is 0.313 e. The third-order valence-corrected chi connectivity index (χ3v) is 2.59. The van der Waals surface area contributed by atoms with Gasteiger partial charge < -0.3 is 10.2 Å². The molecule has 0 aromatic heterocycles. The molecule has 0 saturated carbocycles. The second-order valence-electron chi connectivity index (χ2n) is 3.05. The molecule has 0 fully saturated rings. The zero-order chi connectivity index (χ0) is 10.7. The molecule has 4 heteroatoms. The van der Waals surface area contributed by atoms with Gasteiger partial charge in [0, 0.05) is 5.02 Å². The van der Waals surface area contributed by atoms with Crippen LogP contribution < -0.4 is 0 Å². The fourth-order valence-electron chi connectivity index (χ4n) is 1.25. The van der Waals surface area contributed by atoms with Crippen molar-refractivity contribution in [1.82, 2.24) is 0 Å². The summed E-state index contributed by atoms with van der Waals surface area (Å²) in [7, 11) is 0. The van der Waals surface area contributed by atoms with Gasteiger partial charge in [0.05, 0.1) is 6.61 Å². The highest BCUT2D eigenvalue weighted by atomic mass is 35.5. The van der Waals surface area contributed by atoms with Crippen LogP contribution >= 0.6 is 11.6 Å². The van der Waals surface area contributed by atoms with Crippen LogP contribution in [-0.2, 0) is 4.79 Å². The van der Waals surface area contributed by atoms with Gasteiger partial charge >= 0.3 is 5.97 Å². The molecule has 0 radical (unpaired) electrons. The SMILES string of the molecule is Cc1cccc([C@H](CO)C(=O)O)c1Cl. The minimum absolute atomic E-state index is 0.411. The van der Waals surface area contributed by atoms with E-state index in [4.69, 9.17) is 21.8 Å². The number of hydrogen-bond acceptors (Lipinski definition) is 2. The summed E-state index contributed by atoms with van der Waals surface area (Å²) in [5, 5.41) is 18.2. The van der Waals surface area contributed by atoms with E-state index in [0.717, 1.165) is 5.56 Å². The van der Waals surface area contributed by atoms with Crippen LogP contribution in [0.15, 0.2) is 18.2 Å². The number of aliphatic carboxylic acids is 1. The lowest BCUT2D eigenvalue weighted by Gasteiger charge is -2.12. The van der Waals surface area contributed by atoms with Crippen molar-refractivity contribution in [3.05, 3.63) is 34.3 Å². The Kier molecular flexibility index (Phi) is 3.49. The molecular formula is C10H11ClO3. The van der Waals surface area contributed by atoms with Gasteiger partial charge in [-0.1, -0.05) is 29.8 Å². The van der Waals surface area contributed by atoms with Crippen molar-refractivity contribution in [3.63, 3.8) is 0 Å². The molecule has 0 saturated heterocycles. The Morgan fingerprint density at radius 2 is 2.21 bits per heavy atom. The maximum atomic E-state index is 10.8. The average Bonchev–Trinajstić information content (AvgIpc) is 2.13. The van der Waals surface area contributed by atoms with Crippen molar-refractivity contribution in [2.45, 2.75) is 12.8 Å². The molecule has 0 amide bonds. The van der Waals surface area contributed by atoms with Gasteiger partial charge in [0.1, 0.15) is 5.92 Å². The normalized spacial score (nSPS) is 12.5. The van der Waals surface area contributed by atoms with Gasteiger partial charge in [0.25, 0.3) is 0 Å². The molecule has 0 heterocycles. The second kappa shape index (κ2) is 4.44. The highest BCUT2D eigenvalue weighted by Crippen LogP contribution is 2.27. The molecule has 2 N–H and O–H groups in total. The van der Waals surface area contributed by atoms with Gasteiger partial charge in [0.2, 0.25) is 0 Å². The first-order valence-electron chi connectivity index (χ1n) is 4.16. The van der Waals surface area contributed by atoms with E-state index in [2.05, 4.69) is 0 Å². The lowest BCUT2D eigenvalue weighted by atomic mass is 9.98. The first-order chi connectivity index (χ1) is 6.57.